The zero-order valence-corrected chi connectivity index (χ0v) is 17.7. The Labute approximate surface area is 171 Å². The molecule has 0 spiro atoms. The molecule has 1 aromatic heterocycles. The molecule has 3 aromatic rings. The third-order valence-electron chi connectivity index (χ3n) is 5.44. The number of esters is 1. The lowest BCUT2D eigenvalue weighted by atomic mass is 9.92. The van der Waals surface area contributed by atoms with Gasteiger partial charge in [-0.05, 0) is 76.5 Å². The number of nitrogens with one attached hydrogen (secondary N) is 1. The molecular formula is C25H27NO3. The highest BCUT2D eigenvalue weighted by molar-refractivity contribution is 6.11. The zero-order chi connectivity index (χ0) is 20.8. The predicted molar refractivity (Wildman–Crippen MR) is 119 cm³/mol. The van der Waals surface area contributed by atoms with Crippen LogP contribution in [0.15, 0.2) is 42.0 Å². The molecule has 4 rings (SSSR count). The van der Waals surface area contributed by atoms with Crippen LogP contribution in [0.2, 0.25) is 0 Å². The lowest BCUT2D eigenvalue weighted by molar-refractivity contribution is -0.131. The molecule has 0 unspecified atom stereocenters. The van der Waals surface area contributed by atoms with Crippen molar-refractivity contribution >= 4 is 33.9 Å². The van der Waals surface area contributed by atoms with E-state index in [-0.39, 0.29) is 11.6 Å². The van der Waals surface area contributed by atoms with Gasteiger partial charge in [0, 0.05) is 29.3 Å². The second kappa shape index (κ2) is 7.11. The highest BCUT2D eigenvalue weighted by atomic mass is 16.5. The van der Waals surface area contributed by atoms with E-state index in [2.05, 4.69) is 57.0 Å². The summed E-state index contributed by atoms with van der Waals surface area (Å²) in [4.78, 5) is 14.8. The summed E-state index contributed by atoms with van der Waals surface area (Å²) in [5, 5.41) is 2.25. The van der Waals surface area contributed by atoms with Crippen LogP contribution in [0.25, 0.3) is 27.9 Å². The monoisotopic (exact) mass is 389 g/mol. The predicted octanol–water partition coefficient (Wildman–Crippen LogP) is 6.47. The zero-order valence-electron chi connectivity index (χ0n) is 17.7. The molecule has 1 aliphatic rings. The number of hydrogen-bond acceptors (Lipinski definition) is 3. The molecule has 0 saturated heterocycles. The maximum atomic E-state index is 11.3. The number of ether oxygens (including phenoxy) is 2. The molecule has 0 radical (unpaired) electrons. The van der Waals surface area contributed by atoms with Crippen LogP contribution in [0.3, 0.4) is 0 Å². The van der Waals surface area contributed by atoms with Gasteiger partial charge in [0.1, 0.15) is 17.1 Å². The van der Waals surface area contributed by atoms with E-state index in [4.69, 9.17) is 9.47 Å². The van der Waals surface area contributed by atoms with Gasteiger partial charge >= 0.3 is 5.97 Å². The molecule has 1 aliphatic heterocycles. The van der Waals surface area contributed by atoms with Crippen molar-refractivity contribution in [2.24, 2.45) is 0 Å². The summed E-state index contributed by atoms with van der Waals surface area (Å²) >= 11 is 0. The van der Waals surface area contributed by atoms with Crippen LogP contribution in [0.5, 0.6) is 11.5 Å². The molecule has 4 heteroatoms. The first-order valence-electron chi connectivity index (χ1n) is 10.0. The highest BCUT2D eigenvalue weighted by Crippen LogP contribution is 2.42. The van der Waals surface area contributed by atoms with Gasteiger partial charge in [0.05, 0.1) is 11.0 Å². The fourth-order valence-electron chi connectivity index (χ4n) is 4.00. The first-order valence-corrected chi connectivity index (χ1v) is 10.0. The minimum absolute atomic E-state index is 0.314. The van der Waals surface area contributed by atoms with E-state index in [0.717, 1.165) is 51.5 Å². The van der Waals surface area contributed by atoms with E-state index in [1.54, 1.807) is 0 Å². The topological polar surface area (TPSA) is 51.3 Å². The van der Waals surface area contributed by atoms with Crippen LogP contribution < -0.4 is 9.47 Å². The molecule has 4 nitrogen and oxygen atoms in total. The number of aromatic nitrogens is 1. The smallest absolute Gasteiger partial charge is 0.308 e. The number of rotatable bonds is 4. The molecule has 0 aliphatic carbocycles. The van der Waals surface area contributed by atoms with Crippen LogP contribution in [0.1, 0.15) is 51.7 Å². The van der Waals surface area contributed by atoms with E-state index in [0.29, 0.717) is 5.75 Å². The van der Waals surface area contributed by atoms with E-state index >= 15 is 0 Å². The molecule has 0 saturated carbocycles. The van der Waals surface area contributed by atoms with Crippen molar-refractivity contribution < 1.29 is 14.3 Å². The summed E-state index contributed by atoms with van der Waals surface area (Å²) in [5.74, 6) is 1.16. The Bertz CT molecular complexity index is 1180. The Kier molecular flexibility index (Phi) is 4.73. The summed E-state index contributed by atoms with van der Waals surface area (Å²) in [6.45, 7) is 9.90. The van der Waals surface area contributed by atoms with E-state index < -0.39 is 0 Å². The fourth-order valence-corrected chi connectivity index (χ4v) is 4.00. The lowest BCUT2D eigenvalue weighted by Gasteiger charge is -2.32. The number of benzene rings is 2. The number of carbonyl (C=O) groups excluding carboxylic acids is 1. The Morgan fingerprint density at radius 3 is 2.72 bits per heavy atom. The molecule has 150 valence electrons. The molecule has 2 aromatic carbocycles. The third-order valence-corrected chi connectivity index (χ3v) is 5.44. The van der Waals surface area contributed by atoms with Crippen molar-refractivity contribution in [3.63, 3.8) is 0 Å². The summed E-state index contributed by atoms with van der Waals surface area (Å²) in [6, 6.07) is 7.87. The summed E-state index contributed by atoms with van der Waals surface area (Å²) < 4.78 is 11.7. The van der Waals surface area contributed by atoms with Crippen LogP contribution in [-0.2, 0) is 4.79 Å². The van der Waals surface area contributed by atoms with Gasteiger partial charge in [-0.3, -0.25) is 4.79 Å². The standard InChI is InChI=1S/C25H27NO3/c1-15(2)7-6-11-25(5)12-10-20-23-21(13-16(3)24(20)29-25)19-9-8-18(28-17(4)27)14-22(19)26-23/h7-10,12-14,26H,6,11H2,1-5H3/t25-/m1/s1. The summed E-state index contributed by atoms with van der Waals surface area (Å²) in [7, 11) is 0. The second-order valence-electron chi connectivity index (χ2n) is 8.35. The number of carbonyl (C=O) groups is 1. The van der Waals surface area contributed by atoms with Gasteiger partial charge in [0.25, 0.3) is 0 Å². The second-order valence-corrected chi connectivity index (χ2v) is 8.35. The molecular weight excluding hydrogens is 362 g/mol. The van der Waals surface area contributed by atoms with Crippen molar-refractivity contribution in [1.82, 2.24) is 4.98 Å². The summed E-state index contributed by atoms with van der Waals surface area (Å²) in [5.41, 5.74) is 5.20. The number of hydrogen-bond donors (Lipinski definition) is 1. The lowest BCUT2D eigenvalue weighted by Crippen LogP contribution is -2.32. The Morgan fingerprint density at radius 2 is 2.00 bits per heavy atom. The van der Waals surface area contributed by atoms with Crippen LogP contribution in [0, 0.1) is 6.92 Å². The first kappa shape index (κ1) is 19.3. The van der Waals surface area contributed by atoms with Crippen molar-refractivity contribution in [2.45, 2.75) is 53.1 Å². The average molecular weight is 389 g/mol. The van der Waals surface area contributed by atoms with E-state index in [9.17, 15) is 4.79 Å². The van der Waals surface area contributed by atoms with Gasteiger partial charge in [-0.15, -0.1) is 0 Å². The van der Waals surface area contributed by atoms with E-state index in [1.807, 2.05) is 18.2 Å². The van der Waals surface area contributed by atoms with Gasteiger partial charge in [-0.2, -0.15) is 0 Å². The first-order chi connectivity index (χ1) is 13.8. The Balaban J connectivity index is 1.77. The number of H-pyrrole nitrogens is 1. The molecule has 0 bridgehead atoms. The Morgan fingerprint density at radius 1 is 1.21 bits per heavy atom. The van der Waals surface area contributed by atoms with Crippen LogP contribution in [0.4, 0.5) is 0 Å². The van der Waals surface area contributed by atoms with Crippen molar-refractivity contribution in [2.75, 3.05) is 0 Å². The number of fused-ring (bicyclic) bond motifs is 5. The molecule has 2 heterocycles. The van der Waals surface area contributed by atoms with Gasteiger partial charge in [0.2, 0.25) is 0 Å². The SMILES string of the molecule is CC(=O)Oc1ccc2c(c1)[nH]c1c3c(c(C)cc12)O[C@](C)(CCC=C(C)C)C=C3. The van der Waals surface area contributed by atoms with Crippen molar-refractivity contribution in [3.8, 4) is 11.5 Å². The largest absolute Gasteiger partial charge is 0.482 e. The van der Waals surface area contributed by atoms with Crippen molar-refractivity contribution in [3.05, 3.63) is 53.1 Å². The van der Waals surface area contributed by atoms with Crippen LogP contribution in [-0.4, -0.2) is 16.6 Å². The van der Waals surface area contributed by atoms with Crippen LogP contribution >= 0.6 is 0 Å². The molecule has 1 N–H and O–H groups in total. The molecule has 0 amide bonds. The third kappa shape index (κ3) is 3.67. The molecule has 29 heavy (non-hydrogen) atoms. The van der Waals surface area contributed by atoms with Gasteiger partial charge in [-0.25, -0.2) is 0 Å². The van der Waals surface area contributed by atoms with E-state index in [1.165, 1.54) is 12.5 Å². The minimum Gasteiger partial charge on any atom is -0.482 e. The maximum Gasteiger partial charge on any atom is 0.308 e. The number of aryl methyl sites for hydroxylation is 1. The van der Waals surface area contributed by atoms with Gasteiger partial charge < -0.3 is 14.5 Å². The fraction of sp³-hybridized carbons (Fsp3) is 0.320. The molecule has 0 fully saturated rings. The number of allylic oxidation sites excluding steroid dienone is 2. The van der Waals surface area contributed by atoms with Crippen molar-refractivity contribution in [1.29, 1.82) is 0 Å². The highest BCUT2D eigenvalue weighted by Gasteiger charge is 2.29. The van der Waals surface area contributed by atoms with Gasteiger partial charge in [-0.1, -0.05) is 11.6 Å². The minimum atomic E-state index is -0.322. The normalized spacial score (nSPS) is 17.8. The maximum absolute atomic E-state index is 11.3. The molecule has 1 atom stereocenters. The average Bonchev–Trinajstić information content (AvgIpc) is 2.98. The summed E-state index contributed by atoms with van der Waals surface area (Å²) in [6.07, 6.45) is 8.53. The number of aromatic amines is 1. The quantitative estimate of drug-likeness (QED) is 0.316. The van der Waals surface area contributed by atoms with Gasteiger partial charge in [0.15, 0.2) is 0 Å². The Hall–Kier alpha value is -3.01.